The summed E-state index contributed by atoms with van der Waals surface area (Å²) in [5.74, 6) is -0.864. The Bertz CT molecular complexity index is 1210. The van der Waals surface area contributed by atoms with Crippen LogP contribution in [0, 0.1) is 5.92 Å². The van der Waals surface area contributed by atoms with Crippen LogP contribution in [0.25, 0.3) is 10.9 Å². The van der Waals surface area contributed by atoms with Crippen LogP contribution in [-0.4, -0.2) is 22.8 Å². The van der Waals surface area contributed by atoms with Gasteiger partial charge >= 0.3 is 12.4 Å². The van der Waals surface area contributed by atoms with Crippen LogP contribution >= 0.6 is 0 Å². The fourth-order valence-electron chi connectivity index (χ4n) is 3.85. The Morgan fingerprint density at radius 1 is 0.946 bits per heavy atom. The van der Waals surface area contributed by atoms with Gasteiger partial charge in [0.05, 0.1) is 11.1 Å². The summed E-state index contributed by atoms with van der Waals surface area (Å²) in [5, 5.41) is 5.87. The molecule has 0 aliphatic heterocycles. The van der Waals surface area contributed by atoms with Crippen molar-refractivity contribution in [2.24, 2.45) is 5.92 Å². The Kier molecular flexibility index (Phi) is 8.55. The molecule has 0 aliphatic rings. The maximum absolute atomic E-state index is 13.2. The summed E-state index contributed by atoms with van der Waals surface area (Å²) in [6.45, 7) is 3.29. The van der Waals surface area contributed by atoms with E-state index in [1.165, 1.54) is 0 Å². The zero-order chi connectivity index (χ0) is 27.4. The Balaban J connectivity index is 1.82. The molecule has 0 radical (unpaired) electrons. The molecular weight excluding hydrogens is 500 g/mol. The number of fused-ring (bicyclic) bond motifs is 1. The fourth-order valence-corrected chi connectivity index (χ4v) is 3.85. The van der Waals surface area contributed by atoms with Crippen LogP contribution in [-0.2, 0) is 34.9 Å². The van der Waals surface area contributed by atoms with E-state index in [1.807, 2.05) is 38.1 Å². The van der Waals surface area contributed by atoms with Gasteiger partial charge in [0.1, 0.15) is 6.04 Å². The standard InChI is InChI=1S/C26H27F6N3O2/c1-15(2)7-8-23(36)35-22(11-17-14-33-21-6-4-3-5-20(17)21)24(37)34-13-16-9-18(25(27,28)29)12-19(10-16)26(30,31)32/h3-6,9-10,12,14-15,22,33H,7-8,11,13H2,1-2H3,(H,34,37)(H,35,36)/t22-/m0/s1. The molecule has 0 aliphatic carbocycles. The van der Waals surface area contributed by atoms with Crippen LogP contribution in [0.1, 0.15) is 48.9 Å². The highest BCUT2D eigenvalue weighted by atomic mass is 19.4. The predicted molar refractivity (Wildman–Crippen MR) is 126 cm³/mol. The number of nitrogens with one attached hydrogen (secondary N) is 3. The van der Waals surface area contributed by atoms with Gasteiger partial charge in [0.2, 0.25) is 11.8 Å². The highest BCUT2D eigenvalue weighted by Crippen LogP contribution is 2.36. The van der Waals surface area contributed by atoms with Crippen LogP contribution in [0.3, 0.4) is 0 Å². The number of rotatable bonds is 9. The average Bonchev–Trinajstić information content (AvgIpc) is 3.22. The molecule has 0 unspecified atom stereocenters. The molecule has 2 aromatic carbocycles. The number of hydrogen-bond acceptors (Lipinski definition) is 2. The van der Waals surface area contributed by atoms with Crippen LogP contribution < -0.4 is 10.6 Å². The summed E-state index contributed by atoms with van der Waals surface area (Å²) in [7, 11) is 0. The molecule has 1 heterocycles. The number of amides is 2. The van der Waals surface area contributed by atoms with Crippen LogP contribution in [0.2, 0.25) is 0 Å². The zero-order valence-corrected chi connectivity index (χ0v) is 20.2. The Morgan fingerprint density at radius 3 is 2.16 bits per heavy atom. The second kappa shape index (κ2) is 11.3. The molecule has 0 fully saturated rings. The van der Waals surface area contributed by atoms with E-state index >= 15 is 0 Å². The second-order valence-corrected chi connectivity index (χ2v) is 9.25. The van der Waals surface area contributed by atoms with Crippen molar-refractivity contribution in [3.05, 3.63) is 70.9 Å². The lowest BCUT2D eigenvalue weighted by Crippen LogP contribution is -2.47. The molecule has 5 nitrogen and oxygen atoms in total. The number of hydrogen-bond donors (Lipinski definition) is 3. The predicted octanol–water partition coefficient (Wildman–Crippen LogP) is 5.99. The van der Waals surface area contributed by atoms with E-state index < -0.39 is 42.0 Å². The molecule has 3 aromatic rings. The van der Waals surface area contributed by atoms with Crippen molar-refractivity contribution in [3.63, 3.8) is 0 Å². The first-order valence-corrected chi connectivity index (χ1v) is 11.6. The van der Waals surface area contributed by atoms with E-state index in [1.54, 1.807) is 6.20 Å². The molecule has 200 valence electrons. The first-order chi connectivity index (χ1) is 17.2. The largest absolute Gasteiger partial charge is 0.416 e. The summed E-state index contributed by atoms with van der Waals surface area (Å²) in [6.07, 6.45) is -7.49. The fraction of sp³-hybridized carbons (Fsp3) is 0.385. The van der Waals surface area contributed by atoms with Gasteiger partial charge in [-0.05, 0) is 47.7 Å². The smallest absolute Gasteiger partial charge is 0.361 e. The number of carbonyl (C=O) groups is 2. The molecule has 1 atom stereocenters. The number of para-hydroxylation sites is 1. The lowest BCUT2D eigenvalue weighted by molar-refractivity contribution is -0.143. The number of alkyl halides is 6. The van der Waals surface area contributed by atoms with Gasteiger partial charge < -0.3 is 15.6 Å². The minimum atomic E-state index is -5.00. The van der Waals surface area contributed by atoms with Gasteiger partial charge in [-0.25, -0.2) is 0 Å². The lowest BCUT2D eigenvalue weighted by atomic mass is 10.0. The van der Waals surface area contributed by atoms with Gasteiger partial charge in [0, 0.05) is 36.5 Å². The Labute approximate surface area is 209 Å². The zero-order valence-electron chi connectivity index (χ0n) is 20.2. The van der Waals surface area contributed by atoms with Gasteiger partial charge in [-0.2, -0.15) is 26.3 Å². The minimum absolute atomic E-state index is 0.0279. The van der Waals surface area contributed by atoms with Crippen LogP contribution in [0.15, 0.2) is 48.7 Å². The van der Waals surface area contributed by atoms with Crippen molar-refractivity contribution in [2.75, 3.05) is 0 Å². The summed E-state index contributed by atoms with van der Waals surface area (Å²) in [6, 6.07) is 7.36. The quantitative estimate of drug-likeness (QED) is 0.299. The van der Waals surface area contributed by atoms with E-state index in [-0.39, 0.29) is 36.3 Å². The molecule has 37 heavy (non-hydrogen) atoms. The maximum Gasteiger partial charge on any atom is 0.416 e. The van der Waals surface area contributed by atoms with Gasteiger partial charge in [-0.15, -0.1) is 0 Å². The number of aromatic amines is 1. The van der Waals surface area contributed by atoms with Crippen molar-refractivity contribution >= 4 is 22.7 Å². The highest BCUT2D eigenvalue weighted by Gasteiger charge is 2.37. The number of halogens is 6. The summed E-state index contributed by atoms with van der Waals surface area (Å²) in [5.41, 5.74) is -1.77. The normalized spacial score (nSPS) is 13.1. The van der Waals surface area contributed by atoms with Gasteiger partial charge in [-0.1, -0.05) is 32.0 Å². The van der Waals surface area contributed by atoms with Crippen molar-refractivity contribution in [1.29, 1.82) is 0 Å². The van der Waals surface area contributed by atoms with E-state index in [0.29, 0.717) is 18.6 Å². The molecule has 1 aromatic heterocycles. The first-order valence-electron chi connectivity index (χ1n) is 11.6. The van der Waals surface area contributed by atoms with E-state index in [4.69, 9.17) is 0 Å². The SMILES string of the molecule is CC(C)CCC(=O)N[C@@H](Cc1c[nH]c2ccccc12)C(=O)NCc1cc(C(F)(F)F)cc(C(F)(F)F)c1. The molecule has 3 N–H and O–H groups in total. The molecule has 0 saturated carbocycles. The number of H-pyrrole nitrogens is 1. The van der Waals surface area contributed by atoms with Gasteiger partial charge in [0.15, 0.2) is 0 Å². The van der Waals surface area contributed by atoms with Crippen molar-refractivity contribution in [3.8, 4) is 0 Å². The summed E-state index contributed by atoms with van der Waals surface area (Å²) >= 11 is 0. The third-order valence-electron chi connectivity index (χ3n) is 5.81. The number of carbonyl (C=O) groups excluding carboxylic acids is 2. The molecular formula is C26H27F6N3O2. The second-order valence-electron chi connectivity index (χ2n) is 9.25. The van der Waals surface area contributed by atoms with E-state index in [9.17, 15) is 35.9 Å². The van der Waals surface area contributed by atoms with Crippen molar-refractivity contribution in [2.45, 2.75) is 58.0 Å². The minimum Gasteiger partial charge on any atom is -0.361 e. The summed E-state index contributed by atoms with van der Waals surface area (Å²) in [4.78, 5) is 28.6. The van der Waals surface area contributed by atoms with Gasteiger partial charge in [0.25, 0.3) is 0 Å². The lowest BCUT2D eigenvalue weighted by Gasteiger charge is -2.20. The third kappa shape index (κ3) is 7.74. The molecule has 0 spiro atoms. The van der Waals surface area contributed by atoms with E-state index in [2.05, 4.69) is 15.6 Å². The number of aromatic nitrogens is 1. The molecule has 2 amide bonds. The maximum atomic E-state index is 13.2. The van der Waals surface area contributed by atoms with E-state index in [0.717, 1.165) is 16.5 Å². The summed E-state index contributed by atoms with van der Waals surface area (Å²) < 4.78 is 79.0. The van der Waals surface area contributed by atoms with Crippen LogP contribution in [0.5, 0.6) is 0 Å². The molecule has 0 bridgehead atoms. The Hall–Kier alpha value is -3.50. The highest BCUT2D eigenvalue weighted by molar-refractivity contribution is 5.89. The Morgan fingerprint density at radius 2 is 1.57 bits per heavy atom. The molecule has 3 rings (SSSR count). The molecule has 11 heteroatoms. The monoisotopic (exact) mass is 527 g/mol. The van der Waals surface area contributed by atoms with Crippen molar-refractivity contribution < 1.29 is 35.9 Å². The third-order valence-corrected chi connectivity index (χ3v) is 5.81. The van der Waals surface area contributed by atoms with Crippen LogP contribution in [0.4, 0.5) is 26.3 Å². The van der Waals surface area contributed by atoms with Gasteiger partial charge in [-0.3, -0.25) is 9.59 Å². The average molecular weight is 528 g/mol. The molecule has 0 saturated heterocycles. The number of benzene rings is 2. The topological polar surface area (TPSA) is 74.0 Å². The first kappa shape index (κ1) is 28.1. The van der Waals surface area contributed by atoms with Crippen molar-refractivity contribution in [1.82, 2.24) is 15.6 Å².